The maximum absolute atomic E-state index is 13.6. The topological polar surface area (TPSA) is 29.5 Å². The highest BCUT2D eigenvalue weighted by atomic mass is 79.9. The third-order valence-corrected chi connectivity index (χ3v) is 3.82. The minimum absolute atomic E-state index is 0.379. The van der Waals surface area contributed by atoms with Crippen molar-refractivity contribution in [2.24, 2.45) is 0 Å². The Morgan fingerprint density at radius 1 is 1.45 bits per heavy atom. The first-order valence-electron chi connectivity index (χ1n) is 6.66. The van der Waals surface area contributed by atoms with Crippen LogP contribution in [-0.2, 0) is 11.2 Å². The molecule has 0 bridgehead atoms. The fourth-order valence-electron chi connectivity index (χ4n) is 2.23. The highest BCUT2D eigenvalue weighted by molar-refractivity contribution is 9.10. The largest absolute Gasteiger partial charge is 0.443 e. The molecule has 20 heavy (non-hydrogen) atoms. The van der Waals surface area contributed by atoms with Gasteiger partial charge in [-0.1, -0.05) is 15.9 Å². The standard InChI is InChI=1S/C15H19BrFNO2/c1-9(17)11-8-13-10(7-12(11)16)5-6-18(13)14(19)20-15(2,3)4/h7-9H,5-6H2,1-4H3. The molecule has 0 aliphatic carbocycles. The van der Waals surface area contributed by atoms with Gasteiger partial charge in [-0.05, 0) is 51.8 Å². The molecule has 0 aromatic heterocycles. The van der Waals surface area contributed by atoms with Crippen molar-refractivity contribution in [3.63, 3.8) is 0 Å². The summed E-state index contributed by atoms with van der Waals surface area (Å²) in [6.45, 7) is 7.55. The average Bonchev–Trinajstić information content (AvgIpc) is 2.67. The maximum Gasteiger partial charge on any atom is 0.414 e. The van der Waals surface area contributed by atoms with E-state index in [1.807, 2.05) is 26.8 Å². The number of carbonyl (C=O) groups excluding carboxylic acids is 1. The summed E-state index contributed by atoms with van der Waals surface area (Å²) in [6.07, 6.45) is -0.708. The van der Waals surface area contributed by atoms with Crippen molar-refractivity contribution in [3.8, 4) is 0 Å². The zero-order chi connectivity index (χ0) is 15.1. The van der Waals surface area contributed by atoms with E-state index < -0.39 is 11.8 Å². The van der Waals surface area contributed by atoms with E-state index in [1.165, 1.54) is 6.92 Å². The van der Waals surface area contributed by atoms with Gasteiger partial charge in [0.2, 0.25) is 0 Å². The summed E-state index contributed by atoms with van der Waals surface area (Å²) in [6, 6.07) is 3.63. The van der Waals surface area contributed by atoms with E-state index in [0.717, 1.165) is 22.1 Å². The van der Waals surface area contributed by atoms with Crippen LogP contribution in [-0.4, -0.2) is 18.2 Å². The molecule has 1 aromatic carbocycles. The molecule has 110 valence electrons. The Kier molecular flexibility index (Phi) is 4.09. The van der Waals surface area contributed by atoms with Crippen LogP contribution >= 0.6 is 15.9 Å². The average molecular weight is 344 g/mol. The molecule has 0 saturated heterocycles. The number of hydrogen-bond donors (Lipinski definition) is 0. The van der Waals surface area contributed by atoms with Crippen LogP contribution in [0.15, 0.2) is 16.6 Å². The highest BCUT2D eigenvalue weighted by Crippen LogP contribution is 2.37. The summed E-state index contributed by atoms with van der Waals surface area (Å²) in [4.78, 5) is 13.8. The number of benzene rings is 1. The molecule has 0 radical (unpaired) electrons. The molecule has 2 rings (SSSR count). The summed E-state index contributed by atoms with van der Waals surface area (Å²) in [5.74, 6) is 0. The second-order valence-corrected chi connectivity index (χ2v) is 6.85. The molecule has 1 heterocycles. The molecule has 1 aliphatic heterocycles. The van der Waals surface area contributed by atoms with Gasteiger partial charge in [0, 0.05) is 16.6 Å². The number of rotatable bonds is 1. The molecular weight excluding hydrogens is 325 g/mol. The quantitative estimate of drug-likeness (QED) is 0.734. The van der Waals surface area contributed by atoms with Crippen molar-refractivity contribution in [3.05, 3.63) is 27.7 Å². The van der Waals surface area contributed by atoms with Gasteiger partial charge in [-0.2, -0.15) is 0 Å². The summed E-state index contributed by atoms with van der Waals surface area (Å²) in [5.41, 5.74) is 1.80. The summed E-state index contributed by atoms with van der Waals surface area (Å²) in [7, 11) is 0. The van der Waals surface area contributed by atoms with Gasteiger partial charge in [0.05, 0.1) is 5.69 Å². The van der Waals surface area contributed by atoms with Crippen molar-refractivity contribution >= 4 is 27.7 Å². The molecule has 1 atom stereocenters. The predicted molar refractivity (Wildman–Crippen MR) is 80.9 cm³/mol. The SMILES string of the molecule is CC(F)c1cc2c(cc1Br)CCN2C(=O)OC(C)(C)C. The molecule has 1 amide bonds. The second-order valence-electron chi connectivity index (χ2n) is 6.00. The van der Waals surface area contributed by atoms with E-state index in [1.54, 1.807) is 11.0 Å². The fraction of sp³-hybridized carbons (Fsp3) is 0.533. The molecule has 0 N–H and O–H groups in total. The van der Waals surface area contributed by atoms with Crippen LogP contribution in [0.4, 0.5) is 14.9 Å². The van der Waals surface area contributed by atoms with Crippen LogP contribution < -0.4 is 4.90 Å². The number of alkyl halides is 1. The fourth-order valence-corrected chi connectivity index (χ4v) is 2.94. The molecule has 1 aromatic rings. The van der Waals surface area contributed by atoms with Crippen LogP contribution in [0, 0.1) is 0 Å². The maximum atomic E-state index is 13.6. The molecule has 5 heteroatoms. The van der Waals surface area contributed by atoms with E-state index in [2.05, 4.69) is 15.9 Å². The predicted octanol–water partition coefficient (Wildman–Crippen LogP) is 4.78. The number of nitrogens with zero attached hydrogens (tertiary/aromatic N) is 1. The zero-order valence-electron chi connectivity index (χ0n) is 12.2. The van der Waals surface area contributed by atoms with Gasteiger partial charge >= 0.3 is 6.09 Å². The van der Waals surface area contributed by atoms with Crippen LogP contribution in [0.5, 0.6) is 0 Å². The minimum Gasteiger partial charge on any atom is -0.443 e. The summed E-state index contributed by atoms with van der Waals surface area (Å²) in [5, 5.41) is 0. The Labute approximate surface area is 127 Å². The van der Waals surface area contributed by atoms with Crippen molar-refractivity contribution in [1.29, 1.82) is 0 Å². The second kappa shape index (κ2) is 5.35. The lowest BCUT2D eigenvalue weighted by molar-refractivity contribution is 0.0584. The smallest absolute Gasteiger partial charge is 0.414 e. The van der Waals surface area contributed by atoms with Gasteiger partial charge < -0.3 is 4.74 Å². The van der Waals surface area contributed by atoms with Crippen molar-refractivity contribution in [2.45, 2.75) is 45.9 Å². The van der Waals surface area contributed by atoms with Crippen molar-refractivity contribution in [1.82, 2.24) is 0 Å². The van der Waals surface area contributed by atoms with Gasteiger partial charge in [0.25, 0.3) is 0 Å². The van der Waals surface area contributed by atoms with Crippen LogP contribution in [0.3, 0.4) is 0 Å². The minimum atomic E-state index is -1.09. The number of amides is 1. The lowest BCUT2D eigenvalue weighted by Gasteiger charge is -2.25. The Balaban J connectivity index is 2.32. The monoisotopic (exact) mass is 343 g/mol. The number of fused-ring (bicyclic) bond motifs is 1. The summed E-state index contributed by atoms with van der Waals surface area (Å²) < 4.78 is 19.7. The number of hydrogen-bond acceptors (Lipinski definition) is 2. The number of carbonyl (C=O) groups is 1. The van der Waals surface area contributed by atoms with E-state index in [9.17, 15) is 9.18 Å². The first kappa shape index (κ1) is 15.3. The Hall–Kier alpha value is -1.10. The molecule has 0 spiro atoms. The van der Waals surface area contributed by atoms with Gasteiger partial charge in [0.15, 0.2) is 0 Å². The van der Waals surface area contributed by atoms with E-state index >= 15 is 0 Å². The highest BCUT2D eigenvalue weighted by Gasteiger charge is 2.30. The molecule has 0 saturated carbocycles. The number of halogens is 2. The number of ether oxygens (including phenoxy) is 1. The van der Waals surface area contributed by atoms with E-state index in [-0.39, 0.29) is 6.09 Å². The number of anilines is 1. The van der Waals surface area contributed by atoms with Crippen LogP contribution in [0.2, 0.25) is 0 Å². The van der Waals surface area contributed by atoms with Gasteiger partial charge in [-0.3, -0.25) is 4.90 Å². The molecule has 1 unspecified atom stereocenters. The normalized spacial score (nSPS) is 16.0. The van der Waals surface area contributed by atoms with E-state index in [4.69, 9.17) is 4.74 Å². The lowest BCUT2D eigenvalue weighted by atomic mass is 10.1. The first-order chi connectivity index (χ1) is 9.19. The first-order valence-corrected chi connectivity index (χ1v) is 7.45. The lowest BCUT2D eigenvalue weighted by Crippen LogP contribution is -2.35. The van der Waals surface area contributed by atoms with Crippen molar-refractivity contribution in [2.75, 3.05) is 11.4 Å². The van der Waals surface area contributed by atoms with Gasteiger partial charge in [-0.25, -0.2) is 9.18 Å². The van der Waals surface area contributed by atoms with Gasteiger partial charge in [0.1, 0.15) is 11.8 Å². The van der Waals surface area contributed by atoms with Crippen LogP contribution in [0.1, 0.15) is 45.0 Å². The Morgan fingerprint density at radius 3 is 2.65 bits per heavy atom. The van der Waals surface area contributed by atoms with E-state index in [0.29, 0.717) is 12.1 Å². The summed E-state index contributed by atoms with van der Waals surface area (Å²) >= 11 is 3.38. The Bertz CT molecular complexity index is 537. The van der Waals surface area contributed by atoms with Crippen LogP contribution in [0.25, 0.3) is 0 Å². The Morgan fingerprint density at radius 2 is 2.10 bits per heavy atom. The van der Waals surface area contributed by atoms with Gasteiger partial charge in [-0.15, -0.1) is 0 Å². The molecule has 3 nitrogen and oxygen atoms in total. The molecular formula is C15H19BrFNO2. The van der Waals surface area contributed by atoms with Crippen molar-refractivity contribution < 1.29 is 13.9 Å². The third kappa shape index (κ3) is 3.14. The molecule has 0 fully saturated rings. The molecule has 1 aliphatic rings. The third-order valence-electron chi connectivity index (χ3n) is 3.14. The zero-order valence-corrected chi connectivity index (χ0v) is 13.8.